The quantitative estimate of drug-likeness (QED) is 0.0676. The smallest absolute Gasteiger partial charge is 0.102 e. The molecule has 0 amide bonds. The topological polar surface area (TPSA) is 40.5 Å². The Bertz CT molecular complexity index is 409. The van der Waals surface area contributed by atoms with Gasteiger partial charge in [-0.2, -0.15) is 0 Å². The first-order valence-corrected chi connectivity index (χ1v) is 17.3. The van der Waals surface area contributed by atoms with Gasteiger partial charge in [0.05, 0.1) is 26.3 Å². The lowest BCUT2D eigenvalue weighted by Gasteiger charge is -2.38. The van der Waals surface area contributed by atoms with Gasteiger partial charge in [-0.25, -0.2) is 0 Å². The van der Waals surface area contributed by atoms with Crippen molar-refractivity contribution in [1.29, 1.82) is 0 Å². The van der Waals surface area contributed by atoms with E-state index in [-0.39, 0.29) is 13.2 Å². The second kappa shape index (κ2) is 30.4. The zero-order valence-corrected chi connectivity index (χ0v) is 26.0. The summed E-state index contributed by atoms with van der Waals surface area (Å²) in [6.45, 7) is 8.98. The van der Waals surface area contributed by atoms with Crippen molar-refractivity contribution in [2.24, 2.45) is 0 Å². The van der Waals surface area contributed by atoms with Gasteiger partial charge in [-0.1, -0.05) is 155 Å². The van der Waals surface area contributed by atoms with Gasteiger partial charge in [0.15, 0.2) is 0 Å². The maximum Gasteiger partial charge on any atom is 0.102 e. The third-order valence-corrected chi connectivity index (χ3v) is 8.62. The number of hydrogen-bond acceptors (Lipinski definition) is 2. The van der Waals surface area contributed by atoms with Gasteiger partial charge >= 0.3 is 0 Å². The molecule has 2 N–H and O–H groups in total. The molecule has 0 unspecified atom stereocenters. The minimum absolute atomic E-state index is 0.247. The van der Waals surface area contributed by atoms with Crippen molar-refractivity contribution < 1.29 is 14.7 Å². The van der Waals surface area contributed by atoms with E-state index in [1.54, 1.807) is 0 Å². The summed E-state index contributed by atoms with van der Waals surface area (Å²) in [5, 5.41) is 19.5. The number of unbranched alkanes of at least 4 members (excludes halogenated alkanes) is 24. The van der Waals surface area contributed by atoms with E-state index < -0.39 is 0 Å². The Hall–Kier alpha value is -0.120. The lowest BCUT2D eigenvalue weighted by atomic mass is 10.0. The number of aliphatic hydroxyl groups excluding tert-OH is 2. The fraction of sp³-hybridized carbons (Fsp3) is 1.00. The molecule has 0 fully saturated rings. The Morgan fingerprint density at radius 1 is 0.297 bits per heavy atom. The van der Waals surface area contributed by atoms with Crippen LogP contribution >= 0.6 is 0 Å². The van der Waals surface area contributed by atoms with Crippen LogP contribution in [-0.2, 0) is 0 Å². The highest BCUT2D eigenvalue weighted by molar-refractivity contribution is 4.53. The Morgan fingerprint density at radius 3 is 0.730 bits per heavy atom. The summed E-state index contributed by atoms with van der Waals surface area (Å²) in [6.07, 6.45) is 36.1. The van der Waals surface area contributed by atoms with Crippen molar-refractivity contribution in [3.05, 3.63) is 0 Å². The fourth-order valence-electron chi connectivity index (χ4n) is 6.03. The summed E-state index contributed by atoms with van der Waals surface area (Å²) in [4.78, 5) is 0. The summed E-state index contributed by atoms with van der Waals surface area (Å²) in [5.74, 6) is 0. The van der Waals surface area contributed by atoms with E-state index in [0.717, 1.165) is 30.7 Å². The number of nitrogens with zero attached hydrogens (tertiary/aromatic N) is 1. The average molecular weight is 527 g/mol. The van der Waals surface area contributed by atoms with Crippen molar-refractivity contribution in [2.45, 2.75) is 181 Å². The Balaban J connectivity index is 3.80. The molecule has 3 nitrogen and oxygen atoms in total. The highest BCUT2D eigenvalue weighted by Crippen LogP contribution is 2.17. The van der Waals surface area contributed by atoms with Crippen LogP contribution in [0, 0.1) is 0 Å². The molecule has 0 aliphatic rings. The molecule has 0 atom stereocenters. The Morgan fingerprint density at radius 2 is 0.514 bits per heavy atom. The summed E-state index contributed by atoms with van der Waals surface area (Å²) >= 11 is 0. The SMILES string of the molecule is CCCCCCCCCCCCCCCC[N+](CCO)(CCO)CCCCCCCCCCCCCC. The van der Waals surface area contributed by atoms with Gasteiger partial charge in [-0.15, -0.1) is 0 Å². The van der Waals surface area contributed by atoms with Gasteiger partial charge in [0.1, 0.15) is 13.1 Å². The molecule has 0 rings (SSSR count). The monoisotopic (exact) mass is 527 g/mol. The lowest BCUT2D eigenvalue weighted by molar-refractivity contribution is -0.929. The molecule has 0 radical (unpaired) electrons. The van der Waals surface area contributed by atoms with Crippen LogP contribution in [0.15, 0.2) is 0 Å². The third-order valence-electron chi connectivity index (χ3n) is 8.62. The van der Waals surface area contributed by atoms with Gasteiger partial charge in [-0.3, -0.25) is 0 Å². The molecule has 0 aliphatic heterocycles. The van der Waals surface area contributed by atoms with E-state index in [1.165, 1.54) is 167 Å². The standard InChI is InChI=1S/C34H72NO2/c1-3-5-7-9-11-13-15-17-18-20-22-24-26-28-30-35(31-33-36,32-34-37)29-27-25-23-21-19-16-14-12-10-8-6-4-2/h36-37H,3-34H2,1-2H3/q+1. The molecule has 0 saturated heterocycles. The minimum Gasteiger partial charge on any atom is -0.391 e. The van der Waals surface area contributed by atoms with E-state index in [0.29, 0.717) is 0 Å². The summed E-state index contributed by atoms with van der Waals surface area (Å²) in [6, 6.07) is 0. The summed E-state index contributed by atoms with van der Waals surface area (Å²) in [7, 11) is 0. The predicted octanol–water partition coefficient (Wildman–Crippen LogP) is 9.97. The molecule has 0 aromatic heterocycles. The highest BCUT2D eigenvalue weighted by atomic mass is 16.3. The molecule has 0 heterocycles. The van der Waals surface area contributed by atoms with Crippen molar-refractivity contribution in [2.75, 3.05) is 39.4 Å². The van der Waals surface area contributed by atoms with E-state index >= 15 is 0 Å². The first-order valence-electron chi connectivity index (χ1n) is 17.3. The van der Waals surface area contributed by atoms with Gasteiger partial charge in [0, 0.05) is 0 Å². The van der Waals surface area contributed by atoms with Crippen LogP contribution in [0.1, 0.15) is 181 Å². The molecular weight excluding hydrogens is 454 g/mol. The molecule has 0 saturated carbocycles. The largest absolute Gasteiger partial charge is 0.391 e. The number of aliphatic hydroxyl groups is 2. The first-order chi connectivity index (χ1) is 18.2. The molecule has 0 bridgehead atoms. The molecule has 0 aromatic rings. The molecule has 37 heavy (non-hydrogen) atoms. The van der Waals surface area contributed by atoms with E-state index in [1.807, 2.05) is 0 Å². The Kier molecular flexibility index (Phi) is 30.3. The predicted molar refractivity (Wildman–Crippen MR) is 165 cm³/mol. The van der Waals surface area contributed by atoms with Crippen molar-refractivity contribution in [3.63, 3.8) is 0 Å². The number of rotatable bonds is 32. The van der Waals surface area contributed by atoms with E-state index in [9.17, 15) is 10.2 Å². The van der Waals surface area contributed by atoms with Gasteiger partial charge < -0.3 is 14.7 Å². The zero-order chi connectivity index (χ0) is 27.1. The summed E-state index contributed by atoms with van der Waals surface area (Å²) < 4.78 is 0.934. The summed E-state index contributed by atoms with van der Waals surface area (Å²) in [5.41, 5.74) is 0. The second-order valence-electron chi connectivity index (χ2n) is 12.2. The molecule has 224 valence electrons. The third kappa shape index (κ3) is 25.9. The van der Waals surface area contributed by atoms with Gasteiger partial charge in [-0.05, 0) is 25.7 Å². The lowest BCUT2D eigenvalue weighted by Crippen LogP contribution is -2.52. The van der Waals surface area contributed by atoms with Crippen LogP contribution in [0.4, 0.5) is 0 Å². The van der Waals surface area contributed by atoms with Crippen molar-refractivity contribution in [3.8, 4) is 0 Å². The van der Waals surface area contributed by atoms with Crippen LogP contribution in [0.3, 0.4) is 0 Å². The first kappa shape index (κ1) is 36.9. The molecular formula is C34H72NO2+. The van der Waals surface area contributed by atoms with Crippen LogP contribution in [0.2, 0.25) is 0 Å². The molecule has 0 spiro atoms. The van der Waals surface area contributed by atoms with Crippen LogP contribution < -0.4 is 0 Å². The van der Waals surface area contributed by atoms with Gasteiger partial charge in [0.2, 0.25) is 0 Å². The number of quaternary nitrogens is 1. The van der Waals surface area contributed by atoms with E-state index in [2.05, 4.69) is 13.8 Å². The molecule has 0 aliphatic carbocycles. The van der Waals surface area contributed by atoms with Crippen LogP contribution in [0.5, 0.6) is 0 Å². The Labute approximate surface area is 234 Å². The van der Waals surface area contributed by atoms with E-state index in [4.69, 9.17) is 0 Å². The molecule has 3 heteroatoms. The number of hydrogen-bond donors (Lipinski definition) is 2. The normalized spacial score (nSPS) is 12.0. The maximum absolute atomic E-state index is 9.74. The fourth-order valence-corrected chi connectivity index (χ4v) is 6.03. The van der Waals surface area contributed by atoms with Crippen LogP contribution in [0.25, 0.3) is 0 Å². The van der Waals surface area contributed by atoms with Crippen molar-refractivity contribution >= 4 is 0 Å². The van der Waals surface area contributed by atoms with Crippen molar-refractivity contribution in [1.82, 2.24) is 0 Å². The highest BCUT2D eigenvalue weighted by Gasteiger charge is 2.25. The minimum atomic E-state index is 0.247. The second-order valence-corrected chi connectivity index (χ2v) is 12.2. The maximum atomic E-state index is 9.74. The molecule has 0 aromatic carbocycles. The van der Waals surface area contributed by atoms with Crippen LogP contribution in [-0.4, -0.2) is 54.1 Å². The average Bonchev–Trinajstić information content (AvgIpc) is 2.90. The van der Waals surface area contributed by atoms with Gasteiger partial charge in [0.25, 0.3) is 0 Å². The zero-order valence-electron chi connectivity index (χ0n) is 26.0.